The van der Waals surface area contributed by atoms with Crippen molar-refractivity contribution in [1.82, 2.24) is 10.4 Å². The van der Waals surface area contributed by atoms with Crippen LogP contribution in [0.15, 0.2) is 18.2 Å². The maximum Gasteiger partial charge on any atom is 0.274 e. The summed E-state index contributed by atoms with van der Waals surface area (Å²) in [6, 6.07) is 5.59. The average Bonchev–Trinajstić information content (AvgIpc) is 2.56. The van der Waals surface area contributed by atoms with Crippen LogP contribution in [-0.4, -0.2) is 35.2 Å². The number of benzene rings is 1. The van der Waals surface area contributed by atoms with Crippen LogP contribution in [0.5, 0.6) is 5.75 Å². The Hall–Kier alpha value is -1.59. The molecule has 1 heterocycles. The minimum Gasteiger partial charge on any atom is -0.492 e. The van der Waals surface area contributed by atoms with Crippen molar-refractivity contribution in [1.29, 1.82) is 0 Å². The molecule has 2 N–H and O–H groups in total. The van der Waals surface area contributed by atoms with E-state index in [1.807, 2.05) is 6.07 Å². The van der Waals surface area contributed by atoms with Crippen LogP contribution in [0.4, 0.5) is 0 Å². The lowest BCUT2D eigenvalue weighted by Crippen LogP contribution is -2.34. The van der Waals surface area contributed by atoms with Gasteiger partial charge in [0.2, 0.25) is 0 Å². The van der Waals surface area contributed by atoms with Gasteiger partial charge in [-0.05, 0) is 25.6 Å². The first kappa shape index (κ1) is 12.9. The van der Waals surface area contributed by atoms with E-state index in [1.165, 1.54) is 0 Å². The molecular weight excluding hydrogens is 232 g/mol. The van der Waals surface area contributed by atoms with E-state index in [4.69, 9.17) is 9.94 Å². The topological polar surface area (TPSA) is 61.8 Å². The summed E-state index contributed by atoms with van der Waals surface area (Å²) in [7, 11) is 0. The molecule has 1 aliphatic heterocycles. The first-order valence-corrected chi connectivity index (χ1v) is 6.10. The van der Waals surface area contributed by atoms with Gasteiger partial charge in [0.15, 0.2) is 0 Å². The highest BCUT2D eigenvalue weighted by Crippen LogP contribution is 2.26. The summed E-state index contributed by atoms with van der Waals surface area (Å²) in [5.41, 5.74) is 3.09. The number of hydrogen-bond donors (Lipinski definition) is 2. The molecule has 0 aromatic heterocycles. The standard InChI is InChI=1S/C13H18N2O3/c1-3-15-7-11-5-4-10(13(16)14-17)6-12(11)18-8-9(15)2/h4-6,9,17H,3,7-8H2,1-2H3,(H,14,16). The normalized spacial score (nSPS) is 19.6. The number of nitrogens with zero attached hydrogens (tertiary/aromatic N) is 1. The van der Waals surface area contributed by atoms with Crippen molar-refractivity contribution in [2.24, 2.45) is 0 Å². The van der Waals surface area contributed by atoms with E-state index in [1.54, 1.807) is 17.6 Å². The number of hydrogen-bond acceptors (Lipinski definition) is 4. The molecule has 0 fully saturated rings. The van der Waals surface area contributed by atoms with Gasteiger partial charge < -0.3 is 4.74 Å². The summed E-state index contributed by atoms with van der Waals surface area (Å²) in [5, 5.41) is 8.62. The molecule has 0 radical (unpaired) electrons. The van der Waals surface area contributed by atoms with Gasteiger partial charge in [-0.2, -0.15) is 0 Å². The molecule has 0 saturated heterocycles. The summed E-state index contributed by atoms with van der Waals surface area (Å²) >= 11 is 0. The zero-order valence-corrected chi connectivity index (χ0v) is 10.6. The fourth-order valence-electron chi connectivity index (χ4n) is 2.14. The van der Waals surface area contributed by atoms with Crippen molar-refractivity contribution < 1.29 is 14.7 Å². The predicted molar refractivity (Wildman–Crippen MR) is 66.7 cm³/mol. The fraction of sp³-hybridized carbons (Fsp3) is 0.462. The minimum absolute atomic E-state index is 0.345. The van der Waals surface area contributed by atoms with E-state index >= 15 is 0 Å². The van der Waals surface area contributed by atoms with Crippen molar-refractivity contribution in [2.75, 3.05) is 13.2 Å². The van der Waals surface area contributed by atoms with Gasteiger partial charge in [0.25, 0.3) is 5.91 Å². The molecule has 0 saturated carbocycles. The molecule has 1 aromatic carbocycles. The highest BCUT2D eigenvalue weighted by atomic mass is 16.5. The van der Waals surface area contributed by atoms with Gasteiger partial charge in [-0.1, -0.05) is 13.0 Å². The van der Waals surface area contributed by atoms with Gasteiger partial charge in [0.05, 0.1) is 0 Å². The van der Waals surface area contributed by atoms with Gasteiger partial charge >= 0.3 is 0 Å². The molecule has 0 spiro atoms. The molecule has 98 valence electrons. The van der Waals surface area contributed by atoms with Gasteiger partial charge in [0, 0.05) is 23.7 Å². The Morgan fingerprint density at radius 1 is 1.61 bits per heavy atom. The number of fused-ring (bicyclic) bond motifs is 1. The Labute approximate surface area is 106 Å². The second-order valence-corrected chi connectivity index (χ2v) is 4.49. The van der Waals surface area contributed by atoms with Gasteiger partial charge in [-0.15, -0.1) is 0 Å². The van der Waals surface area contributed by atoms with Crippen molar-refractivity contribution >= 4 is 5.91 Å². The van der Waals surface area contributed by atoms with E-state index in [0.29, 0.717) is 18.2 Å². The molecule has 0 bridgehead atoms. The second kappa shape index (κ2) is 5.37. The summed E-state index contributed by atoms with van der Waals surface area (Å²) < 4.78 is 5.72. The number of amides is 1. The van der Waals surface area contributed by atoms with E-state index in [2.05, 4.69) is 18.7 Å². The lowest BCUT2D eigenvalue weighted by molar-refractivity contribution is 0.0706. The van der Waals surface area contributed by atoms with Crippen molar-refractivity contribution in [3.63, 3.8) is 0 Å². The quantitative estimate of drug-likeness (QED) is 0.615. The zero-order valence-electron chi connectivity index (χ0n) is 10.6. The molecule has 18 heavy (non-hydrogen) atoms. The molecule has 1 unspecified atom stereocenters. The van der Waals surface area contributed by atoms with Crippen molar-refractivity contribution in [3.8, 4) is 5.75 Å². The summed E-state index contributed by atoms with van der Waals surface area (Å²) in [4.78, 5) is 13.7. The highest BCUT2D eigenvalue weighted by Gasteiger charge is 2.21. The highest BCUT2D eigenvalue weighted by molar-refractivity contribution is 5.93. The van der Waals surface area contributed by atoms with Crippen molar-refractivity contribution in [2.45, 2.75) is 26.4 Å². The first-order valence-electron chi connectivity index (χ1n) is 6.10. The molecule has 1 aliphatic rings. The lowest BCUT2D eigenvalue weighted by Gasteiger charge is -2.23. The van der Waals surface area contributed by atoms with Crippen LogP contribution in [-0.2, 0) is 6.54 Å². The zero-order chi connectivity index (χ0) is 13.1. The molecule has 5 nitrogen and oxygen atoms in total. The third kappa shape index (κ3) is 2.47. The third-order valence-corrected chi connectivity index (χ3v) is 3.31. The second-order valence-electron chi connectivity index (χ2n) is 4.49. The molecule has 2 rings (SSSR count). The monoisotopic (exact) mass is 250 g/mol. The number of ether oxygens (including phenoxy) is 1. The van der Waals surface area contributed by atoms with Crippen LogP contribution in [0.2, 0.25) is 0 Å². The Bertz CT molecular complexity index is 448. The van der Waals surface area contributed by atoms with Gasteiger partial charge in [0.1, 0.15) is 12.4 Å². The number of nitrogens with one attached hydrogen (secondary N) is 1. The van der Waals surface area contributed by atoms with E-state index in [9.17, 15) is 4.79 Å². The number of rotatable bonds is 2. The van der Waals surface area contributed by atoms with Gasteiger partial charge in [-0.3, -0.25) is 14.9 Å². The SMILES string of the molecule is CCN1Cc2ccc(C(=O)NO)cc2OCC1C. The first-order chi connectivity index (χ1) is 8.65. The van der Waals surface area contributed by atoms with Crippen LogP contribution < -0.4 is 10.2 Å². The molecule has 1 atom stereocenters. The van der Waals surface area contributed by atoms with E-state index < -0.39 is 5.91 Å². The predicted octanol–water partition coefficient (Wildman–Crippen LogP) is 1.41. The Morgan fingerprint density at radius 2 is 2.39 bits per heavy atom. The maximum absolute atomic E-state index is 11.3. The summed E-state index contributed by atoms with van der Waals surface area (Å²) in [6.07, 6.45) is 0. The van der Waals surface area contributed by atoms with Crippen LogP contribution >= 0.6 is 0 Å². The van der Waals surface area contributed by atoms with Gasteiger partial charge in [-0.25, -0.2) is 5.48 Å². The lowest BCUT2D eigenvalue weighted by atomic mass is 10.1. The van der Waals surface area contributed by atoms with Crippen LogP contribution in [0.3, 0.4) is 0 Å². The number of carbonyl (C=O) groups excluding carboxylic acids is 1. The number of likely N-dealkylation sites (N-methyl/N-ethyl adjacent to an activating group) is 1. The van der Waals surface area contributed by atoms with Crippen LogP contribution in [0.1, 0.15) is 29.8 Å². The largest absolute Gasteiger partial charge is 0.492 e. The van der Waals surface area contributed by atoms with Crippen LogP contribution in [0.25, 0.3) is 0 Å². The van der Waals surface area contributed by atoms with Crippen molar-refractivity contribution in [3.05, 3.63) is 29.3 Å². The molecule has 1 aromatic rings. The maximum atomic E-state index is 11.3. The average molecular weight is 250 g/mol. The van der Waals surface area contributed by atoms with E-state index in [-0.39, 0.29) is 0 Å². The number of carbonyl (C=O) groups is 1. The Kier molecular flexibility index (Phi) is 3.84. The molecule has 5 heteroatoms. The molecular formula is C13H18N2O3. The third-order valence-electron chi connectivity index (χ3n) is 3.31. The molecule has 1 amide bonds. The Morgan fingerprint density at radius 3 is 3.06 bits per heavy atom. The summed E-state index contributed by atoms with van der Waals surface area (Å²) in [6.45, 7) is 6.62. The fourth-order valence-corrected chi connectivity index (χ4v) is 2.14. The van der Waals surface area contributed by atoms with Crippen LogP contribution in [0, 0.1) is 0 Å². The summed E-state index contributed by atoms with van der Waals surface area (Å²) in [5.74, 6) is 0.199. The smallest absolute Gasteiger partial charge is 0.274 e. The van der Waals surface area contributed by atoms with E-state index in [0.717, 1.165) is 24.4 Å². The minimum atomic E-state index is -0.522. The molecule has 0 aliphatic carbocycles. The Balaban J connectivity index is 2.29. The number of hydroxylamine groups is 1.